The predicted molar refractivity (Wildman–Crippen MR) is 62.5 cm³/mol. The van der Waals surface area contributed by atoms with Crippen molar-refractivity contribution in [3.05, 3.63) is 30.3 Å². The van der Waals surface area contributed by atoms with E-state index in [1.54, 1.807) is 0 Å². The zero-order chi connectivity index (χ0) is 10.4. The predicted octanol–water partition coefficient (Wildman–Crippen LogP) is 3.46. The molecular weight excluding hydrogens is 172 g/mol. The number of hydrogen-bond donors (Lipinski definition) is 0. The van der Waals surface area contributed by atoms with Gasteiger partial charge in [0, 0.05) is 5.92 Å². The molecule has 0 aliphatic heterocycles. The number of amidine groups is 1. The Hall–Kier alpha value is -1.44. The van der Waals surface area contributed by atoms with Gasteiger partial charge >= 0.3 is 0 Å². The molecule has 0 bridgehead atoms. The van der Waals surface area contributed by atoms with Gasteiger partial charge in [0.25, 0.3) is 0 Å². The van der Waals surface area contributed by atoms with Crippen molar-refractivity contribution in [2.45, 2.75) is 20.3 Å². The van der Waals surface area contributed by atoms with Crippen LogP contribution in [0.25, 0.3) is 0 Å². The largest absolute Gasteiger partial charge is 0.249 e. The van der Waals surface area contributed by atoms with E-state index in [1.807, 2.05) is 30.3 Å². The van der Waals surface area contributed by atoms with Crippen LogP contribution < -0.4 is 0 Å². The van der Waals surface area contributed by atoms with E-state index in [-0.39, 0.29) is 0 Å². The van der Waals surface area contributed by atoms with Crippen molar-refractivity contribution >= 4 is 18.2 Å². The van der Waals surface area contributed by atoms with Crippen molar-refractivity contribution in [2.24, 2.45) is 15.9 Å². The van der Waals surface area contributed by atoms with E-state index in [0.29, 0.717) is 5.92 Å². The van der Waals surface area contributed by atoms with E-state index in [2.05, 4.69) is 30.5 Å². The Kier molecular flexibility index (Phi) is 4.05. The molecular formula is C12H16N2. The van der Waals surface area contributed by atoms with Crippen LogP contribution >= 0.6 is 0 Å². The van der Waals surface area contributed by atoms with Crippen LogP contribution in [0.3, 0.4) is 0 Å². The third-order valence-corrected chi connectivity index (χ3v) is 2.21. The Morgan fingerprint density at radius 3 is 2.50 bits per heavy atom. The van der Waals surface area contributed by atoms with Crippen molar-refractivity contribution in [1.82, 2.24) is 0 Å². The molecule has 0 aliphatic rings. The van der Waals surface area contributed by atoms with Crippen LogP contribution in [0.5, 0.6) is 0 Å². The summed E-state index contributed by atoms with van der Waals surface area (Å²) >= 11 is 0. The number of benzene rings is 1. The highest BCUT2D eigenvalue weighted by Crippen LogP contribution is 2.14. The van der Waals surface area contributed by atoms with Crippen LogP contribution in [0.1, 0.15) is 20.3 Å². The summed E-state index contributed by atoms with van der Waals surface area (Å²) < 4.78 is 0. The Morgan fingerprint density at radius 1 is 1.36 bits per heavy atom. The highest BCUT2D eigenvalue weighted by molar-refractivity contribution is 5.90. The first-order valence-corrected chi connectivity index (χ1v) is 4.88. The molecule has 1 aromatic rings. The number of rotatable bonds is 3. The van der Waals surface area contributed by atoms with Crippen molar-refractivity contribution in [3.63, 3.8) is 0 Å². The van der Waals surface area contributed by atoms with E-state index in [1.165, 1.54) is 0 Å². The maximum atomic E-state index is 4.44. The van der Waals surface area contributed by atoms with Gasteiger partial charge in [-0.1, -0.05) is 32.0 Å². The average molecular weight is 188 g/mol. The van der Waals surface area contributed by atoms with Gasteiger partial charge in [0.05, 0.1) is 5.69 Å². The standard InChI is InChI=1S/C12H16N2/c1-4-10(2)12(13-3)14-11-8-6-5-7-9-11/h5-10H,3-4H2,1-2H3. The fourth-order valence-corrected chi connectivity index (χ4v) is 1.12. The van der Waals surface area contributed by atoms with Gasteiger partial charge in [-0.25, -0.2) is 9.98 Å². The topological polar surface area (TPSA) is 24.7 Å². The molecule has 0 saturated carbocycles. The zero-order valence-electron chi connectivity index (χ0n) is 8.77. The normalized spacial score (nSPS) is 13.7. The first-order chi connectivity index (χ1) is 6.77. The number of hydrogen-bond acceptors (Lipinski definition) is 1. The van der Waals surface area contributed by atoms with Crippen LogP contribution in [0.4, 0.5) is 5.69 Å². The van der Waals surface area contributed by atoms with Gasteiger partial charge in [-0.3, -0.25) is 0 Å². The van der Waals surface area contributed by atoms with Crippen molar-refractivity contribution in [3.8, 4) is 0 Å². The van der Waals surface area contributed by atoms with Gasteiger partial charge in [0.2, 0.25) is 0 Å². The highest BCUT2D eigenvalue weighted by Gasteiger charge is 2.05. The van der Waals surface area contributed by atoms with Gasteiger partial charge in [-0.2, -0.15) is 0 Å². The molecule has 0 aromatic heterocycles. The summed E-state index contributed by atoms with van der Waals surface area (Å²) in [5.41, 5.74) is 0.940. The molecule has 0 fully saturated rings. The number of nitrogens with zero attached hydrogens (tertiary/aromatic N) is 2. The second kappa shape index (κ2) is 5.32. The molecule has 0 heterocycles. The molecule has 1 unspecified atom stereocenters. The van der Waals surface area contributed by atoms with Crippen LogP contribution in [-0.2, 0) is 0 Å². The maximum Gasteiger partial charge on any atom is 0.130 e. The molecule has 0 spiro atoms. The van der Waals surface area contributed by atoms with Gasteiger partial charge in [0.1, 0.15) is 5.84 Å². The quantitative estimate of drug-likeness (QED) is 0.512. The van der Waals surface area contributed by atoms with E-state index < -0.39 is 0 Å². The Bertz CT molecular complexity index is 314. The fourth-order valence-electron chi connectivity index (χ4n) is 1.12. The Labute approximate surface area is 85.4 Å². The summed E-state index contributed by atoms with van der Waals surface area (Å²) in [4.78, 5) is 8.39. The third kappa shape index (κ3) is 2.80. The summed E-state index contributed by atoms with van der Waals surface area (Å²) in [5.74, 6) is 1.19. The fraction of sp³-hybridized carbons (Fsp3) is 0.333. The van der Waals surface area contributed by atoms with Crippen molar-refractivity contribution < 1.29 is 0 Å². The molecule has 2 heteroatoms. The minimum atomic E-state index is 0.368. The average Bonchev–Trinajstić information content (AvgIpc) is 2.26. The summed E-state index contributed by atoms with van der Waals surface area (Å²) in [7, 11) is 0. The molecule has 2 nitrogen and oxygen atoms in total. The minimum absolute atomic E-state index is 0.368. The number of para-hydroxylation sites is 1. The molecule has 0 N–H and O–H groups in total. The van der Waals surface area contributed by atoms with Crippen LogP contribution in [0.2, 0.25) is 0 Å². The first kappa shape index (κ1) is 10.6. The van der Waals surface area contributed by atoms with E-state index in [9.17, 15) is 0 Å². The first-order valence-electron chi connectivity index (χ1n) is 4.88. The summed E-state index contributed by atoms with van der Waals surface area (Å²) in [6.45, 7) is 7.77. The monoisotopic (exact) mass is 188 g/mol. The molecule has 74 valence electrons. The lowest BCUT2D eigenvalue weighted by molar-refractivity contribution is 0.733. The second-order valence-electron chi connectivity index (χ2n) is 3.27. The van der Waals surface area contributed by atoms with Crippen LogP contribution in [-0.4, -0.2) is 12.6 Å². The lowest BCUT2D eigenvalue weighted by Gasteiger charge is -2.06. The molecule has 1 aromatic carbocycles. The van der Waals surface area contributed by atoms with Crippen LogP contribution in [0, 0.1) is 5.92 Å². The van der Waals surface area contributed by atoms with Gasteiger partial charge in [-0.05, 0) is 25.3 Å². The molecule has 14 heavy (non-hydrogen) atoms. The van der Waals surface area contributed by atoms with E-state index in [4.69, 9.17) is 0 Å². The third-order valence-electron chi connectivity index (χ3n) is 2.21. The highest BCUT2D eigenvalue weighted by atomic mass is 14.9. The Morgan fingerprint density at radius 2 is 2.00 bits per heavy atom. The lowest BCUT2D eigenvalue weighted by Crippen LogP contribution is -2.06. The smallest absolute Gasteiger partial charge is 0.130 e. The summed E-state index contributed by atoms with van der Waals surface area (Å²) in [6.07, 6.45) is 1.03. The maximum absolute atomic E-state index is 4.44. The molecule has 0 radical (unpaired) electrons. The second-order valence-corrected chi connectivity index (χ2v) is 3.27. The van der Waals surface area contributed by atoms with Crippen molar-refractivity contribution in [2.75, 3.05) is 0 Å². The van der Waals surface area contributed by atoms with Crippen LogP contribution in [0.15, 0.2) is 40.3 Å². The molecule has 0 amide bonds. The SMILES string of the molecule is C=NC(=Nc1ccccc1)C(C)CC. The molecule has 1 rings (SSSR count). The molecule has 0 saturated heterocycles. The Balaban J connectivity index is 2.89. The summed E-state index contributed by atoms with van der Waals surface area (Å²) in [6, 6.07) is 9.84. The van der Waals surface area contributed by atoms with Gasteiger partial charge < -0.3 is 0 Å². The number of aliphatic imine (C=N–C) groups is 2. The summed E-state index contributed by atoms with van der Waals surface area (Å²) in [5, 5.41) is 0. The lowest BCUT2D eigenvalue weighted by atomic mass is 10.1. The van der Waals surface area contributed by atoms with Gasteiger partial charge in [-0.15, -0.1) is 0 Å². The van der Waals surface area contributed by atoms with E-state index in [0.717, 1.165) is 17.9 Å². The molecule has 0 aliphatic carbocycles. The van der Waals surface area contributed by atoms with Crippen molar-refractivity contribution in [1.29, 1.82) is 0 Å². The molecule has 1 atom stereocenters. The zero-order valence-corrected chi connectivity index (χ0v) is 8.77. The van der Waals surface area contributed by atoms with E-state index >= 15 is 0 Å². The minimum Gasteiger partial charge on any atom is -0.249 e. The van der Waals surface area contributed by atoms with Gasteiger partial charge in [0.15, 0.2) is 0 Å².